The highest BCUT2D eigenvalue weighted by Gasteiger charge is 2.53. The summed E-state index contributed by atoms with van der Waals surface area (Å²) in [7, 11) is 1.91. The Morgan fingerprint density at radius 2 is 1.84 bits per heavy atom. The number of aliphatic imine (C=N–C) groups is 1. The van der Waals surface area contributed by atoms with Crippen LogP contribution in [0.2, 0.25) is 0 Å². The molecule has 2 saturated carbocycles. The molecule has 0 atom stereocenters. The highest BCUT2D eigenvalue weighted by atomic mass is 127. The van der Waals surface area contributed by atoms with Crippen molar-refractivity contribution in [3.8, 4) is 5.75 Å². The second-order valence-electron chi connectivity index (χ2n) is 7.65. The molecule has 4 nitrogen and oxygen atoms in total. The van der Waals surface area contributed by atoms with Crippen molar-refractivity contribution in [2.24, 2.45) is 16.3 Å². The number of hydrogen-bond donors (Lipinski definition) is 1. The maximum Gasteiger partial charge on any atom is 0.193 e. The molecule has 2 aliphatic carbocycles. The van der Waals surface area contributed by atoms with Gasteiger partial charge in [0, 0.05) is 39.5 Å². The van der Waals surface area contributed by atoms with Crippen LogP contribution in [0, 0.1) is 11.3 Å². The van der Waals surface area contributed by atoms with E-state index in [0.29, 0.717) is 11.5 Å². The van der Waals surface area contributed by atoms with E-state index >= 15 is 0 Å². The number of hydrogen-bond acceptors (Lipinski definition) is 2. The molecule has 0 amide bonds. The van der Waals surface area contributed by atoms with Crippen LogP contribution in [0.3, 0.4) is 0 Å². The lowest BCUT2D eigenvalue weighted by Gasteiger charge is -2.35. The molecular weight excluding hydrogens is 425 g/mol. The summed E-state index contributed by atoms with van der Waals surface area (Å²) in [5.74, 6) is 3.06. The number of benzene rings is 1. The number of rotatable bonds is 5. The Kier molecular flexibility index (Phi) is 6.12. The molecule has 3 aliphatic rings. The summed E-state index contributed by atoms with van der Waals surface area (Å²) in [6, 6.07) is 10.2. The largest absolute Gasteiger partial charge is 0.490 e. The van der Waals surface area contributed by atoms with E-state index < -0.39 is 0 Å². The summed E-state index contributed by atoms with van der Waals surface area (Å²) in [5, 5.41) is 3.66. The molecule has 1 heterocycles. The van der Waals surface area contributed by atoms with Crippen LogP contribution < -0.4 is 10.1 Å². The third-order valence-electron chi connectivity index (χ3n) is 5.93. The van der Waals surface area contributed by atoms with Crippen molar-refractivity contribution in [1.82, 2.24) is 10.2 Å². The van der Waals surface area contributed by atoms with Crippen LogP contribution in [0.5, 0.6) is 5.75 Å². The van der Waals surface area contributed by atoms with Crippen LogP contribution in [-0.2, 0) is 0 Å². The highest BCUT2D eigenvalue weighted by molar-refractivity contribution is 14.0. The Morgan fingerprint density at radius 3 is 2.40 bits per heavy atom. The van der Waals surface area contributed by atoms with Crippen LogP contribution in [0.1, 0.15) is 38.5 Å². The highest BCUT2D eigenvalue weighted by Crippen LogP contribution is 2.60. The van der Waals surface area contributed by atoms with Crippen molar-refractivity contribution in [2.75, 3.05) is 26.7 Å². The molecule has 5 heteroatoms. The second kappa shape index (κ2) is 8.14. The molecule has 1 saturated heterocycles. The van der Waals surface area contributed by atoms with Crippen LogP contribution in [0.4, 0.5) is 0 Å². The first-order valence-electron chi connectivity index (χ1n) is 9.46. The Balaban J connectivity index is 0.00000182. The molecule has 0 bridgehead atoms. The van der Waals surface area contributed by atoms with E-state index in [1.54, 1.807) is 0 Å². The van der Waals surface area contributed by atoms with Gasteiger partial charge >= 0.3 is 0 Å². The van der Waals surface area contributed by atoms with Gasteiger partial charge in [-0.1, -0.05) is 18.2 Å². The van der Waals surface area contributed by atoms with Crippen LogP contribution >= 0.6 is 24.0 Å². The number of likely N-dealkylation sites (tertiary alicyclic amines) is 1. The van der Waals surface area contributed by atoms with E-state index in [9.17, 15) is 0 Å². The summed E-state index contributed by atoms with van der Waals surface area (Å²) in [6.07, 6.45) is 8.16. The fourth-order valence-electron chi connectivity index (χ4n) is 4.05. The number of piperidine rings is 1. The van der Waals surface area contributed by atoms with Gasteiger partial charge in [0.1, 0.15) is 11.9 Å². The lowest BCUT2D eigenvalue weighted by Crippen LogP contribution is -2.48. The molecule has 3 fully saturated rings. The van der Waals surface area contributed by atoms with Gasteiger partial charge in [0.15, 0.2) is 5.96 Å². The number of guanidine groups is 1. The first-order chi connectivity index (χ1) is 11.8. The minimum absolute atomic E-state index is 0. The quantitative estimate of drug-likeness (QED) is 0.416. The van der Waals surface area contributed by atoms with Crippen molar-refractivity contribution < 1.29 is 4.74 Å². The fourth-order valence-corrected chi connectivity index (χ4v) is 4.05. The number of para-hydroxylation sites is 1. The molecule has 25 heavy (non-hydrogen) atoms. The standard InChI is InChI=1S/C20H29N3O.HI/c1-21-19(22-15-20(11-12-20)16-7-8-16)23-13-9-18(10-14-23)24-17-5-3-2-4-6-17;/h2-6,16,18H,7-15H2,1H3,(H,21,22);1H. The van der Waals surface area contributed by atoms with E-state index in [0.717, 1.165) is 50.1 Å². The maximum absolute atomic E-state index is 6.09. The maximum atomic E-state index is 6.09. The Hall–Kier alpha value is -0.980. The molecule has 1 aromatic carbocycles. The van der Waals surface area contributed by atoms with Gasteiger partial charge in [-0.05, 0) is 49.1 Å². The number of halogens is 1. The van der Waals surface area contributed by atoms with Crippen LogP contribution in [-0.4, -0.2) is 43.6 Å². The zero-order valence-corrected chi connectivity index (χ0v) is 17.4. The molecule has 0 spiro atoms. The molecule has 1 N–H and O–H groups in total. The molecule has 0 aromatic heterocycles. The van der Waals surface area contributed by atoms with Gasteiger partial charge in [-0.3, -0.25) is 4.99 Å². The van der Waals surface area contributed by atoms with Crippen molar-refractivity contribution in [3.63, 3.8) is 0 Å². The van der Waals surface area contributed by atoms with E-state index in [4.69, 9.17) is 4.74 Å². The lowest BCUT2D eigenvalue weighted by molar-refractivity contribution is 0.129. The molecule has 4 rings (SSSR count). The first kappa shape index (κ1) is 18.8. The first-order valence-corrected chi connectivity index (χ1v) is 9.46. The zero-order chi connectivity index (χ0) is 16.4. The van der Waals surface area contributed by atoms with E-state index in [1.807, 2.05) is 37.4 Å². The summed E-state index contributed by atoms with van der Waals surface area (Å²) < 4.78 is 6.09. The number of nitrogens with one attached hydrogen (secondary N) is 1. The van der Waals surface area contributed by atoms with E-state index in [1.165, 1.54) is 25.7 Å². The SMILES string of the molecule is CN=C(NCC1(C2CC2)CC1)N1CCC(Oc2ccccc2)CC1.I. The van der Waals surface area contributed by atoms with Gasteiger partial charge in [-0.15, -0.1) is 24.0 Å². The third kappa shape index (κ3) is 4.60. The minimum Gasteiger partial charge on any atom is -0.490 e. The van der Waals surface area contributed by atoms with Crippen molar-refractivity contribution >= 4 is 29.9 Å². The van der Waals surface area contributed by atoms with Crippen LogP contribution in [0.15, 0.2) is 35.3 Å². The van der Waals surface area contributed by atoms with Crippen molar-refractivity contribution in [1.29, 1.82) is 0 Å². The smallest absolute Gasteiger partial charge is 0.193 e. The third-order valence-corrected chi connectivity index (χ3v) is 5.93. The Bertz CT molecular complexity index is 576. The molecule has 0 radical (unpaired) electrons. The van der Waals surface area contributed by atoms with Gasteiger partial charge in [0.25, 0.3) is 0 Å². The van der Waals surface area contributed by atoms with E-state index in [2.05, 4.69) is 15.2 Å². The predicted molar refractivity (Wildman–Crippen MR) is 113 cm³/mol. The Labute approximate surface area is 168 Å². The van der Waals surface area contributed by atoms with Gasteiger partial charge in [0.2, 0.25) is 0 Å². The van der Waals surface area contributed by atoms with Gasteiger partial charge in [-0.25, -0.2) is 0 Å². The van der Waals surface area contributed by atoms with E-state index in [-0.39, 0.29) is 24.0 Å². The second-order valence-corrected chi connectivity index (χ2v) is 7.65. The monoisotopic (exact) mass is 455 g/mol. The summed E-state index contributed by atoms with van der Waals surface area (Å²) in [5.41, 5.74) is 0.616. The van der Waals surface area contributed by atoms with Crippen molar-refractivity contribution in [2.45, 2.75) is 44.6 Å². The fraction of sp³-hybridized carbons (Fsp3) is 0.650. The molecular formula is C20H30IN3O. The summed E-state index contributed by atoms with van der Waals surface area (Å²) >= 11 is 0. The molecule has 1 aliphatic heterocycles. The number of ether oxygens (including phenoxy) is 1. The van der Waals surface area contributed by atoms with Crippen LogP contribution in [0.25, 0.3) is 0 Å². The normalized spacial score (nSPS) is 22.9. The average Bonchev–Trinajstić information content (AvgIpc) is 3.51. The van der Waals surface area contributed by atoms with Crippen molar-refractivity contribution in [3.05, 3.63) is 30.3 Å². The molecule has 0 unspecified atom stereocenters. The summed E-state index contributed by atoms with van der Waals surface area (Å²) in [4.78, 5) is 6.92. The molecule has 1 aromatic rings. The van der Waals surface area contributed by atoms with Gasteiger partial charge in [-0.2, -0.15) is 0 Å². The topological polar surface area (TPSA) is 36.9 Å². The predicted octanol–water partition coefficient (Wildman–Crippen LogP) is 3.91. The zero-order valence-electron chi connectivity index (χ0n) is 15.1. The average molecular weight is 455 g/mol. The van der Waals surface area contributed by atoms with Gasteiger partial charge in [0.05, 0.1) is 0 Å². The lowest BCUT2D eigenvalue weighted by atomic mass is 10.0. The summed E-state index contributed by atoms with van der Waals surface area (Å²) in [6.45, 7) is 3.16. The minimum atomic E-state index is 0. The van der Waals surface area contributed by atoms with Gasteiger partial charge < -0.3 is 15.0 Å². The number of nitrogens with zero attached hydrogens (tertiary/aromatic N) is 2. The Morgan fingerprint density at radius 1 is 1.16 bits per heavy atom. The molecule has 138 valence electrons.